The van der Waals surface area contributed by atoms with Crippen molar-refractivity contribution in [3.8, 4) is 0 Å². The highest BCUT2D eigenvalue weighted by molar-refractivity contribution is 5.91. The van der Waals surface area contributed by atoms with Crippen molar-refractivity contribution in [2.24, 2.45) is 0 Å². The monoisotopic (exact) mass is 351 g/mol. The van der Waals surface area contributed by atoms with E-state index in [1.165, 1.54) is 16.8 Å². The third-order valence-corrected chi connectivity index (χ3v) is 4.94. The van der Waals surface area contributed by atoms with Crippen LogP contribution in [0.1, 0.15) is 23.2 Å². The molecule has 0 aliphatic rings. The van der Waals surface area contributed by atoms with Crippen LogP contribution in [0.15, 0.2) is 36.7 Å². The second-order valence-electron chi connectivity index (χ2n) is 7.10. The van der Waals surface area contributed by atoms with Crippen LogP contribution in [0.25, 0.3) is 11.0 Å². The number of fused-ring (bicyclic) bond motifs is 1. The summed E-state index contributed by atoms with van der Waals surface area (Å²) in [4.78, 5) is 11.3. The SMILES string of the molecule is Cc1c(C)n(CCCN(C)C)c2ncnc(NCCc3ccccc3)c12. The van der Waals surface area contributed by atoms with E-state index in [-0.39, 0.29) is 0 Å². The van der Waals surface area contributed by atoms with E-state index in [0.717, 1.165) is 49.3 Å². The summed E-state index contributed by atoms with van der Waals surface area (Å²) in [6.07, 6.45) is 3.76. The highest BCUT2D eigenvalue weighted by Crippen LogP contribution is 2.28. The molecule has 0 spiro atoms. The minimum atomic E-state index is 0.862. The molecule has 26 heavy (non-hydrogen) atoms. The molecule has 0 unspecified atom stereocenters. The van der Waals surface area contributed by atoms with Gasteiger partial charge in [-0.05, 0) is 58.5 Å². The quantitative estimate of drug-likeness (QED) is 0.673. The highest BCUT2D eigenvalue weighted by atomic mass is 15.1. The molecule has 0 saturated carbocycles. The van der Waals surface area contributed by atoms with E-state index in [1.807, 2.05) is 0 Å². The maximum Gasteiger partial charge on any atom is 0.145 e. The lowest BCUT2D eigenvalue weighted by atomic mass is 10.1. The van der Waals surface area contributed by atoms with Gasteiger partial charge in [0.05, 0.1) is 5.39 Å². The molecular weight excluding hydrogens is 322 g/mol. The molecule has 2 aromatic heterocycles. The fraction of sp³-hybridized carbons (Fsp3) is 0.429. The Kier molecular flexibility index (Phi) is 5.89. The van der Waals surface area contributed by atoms with E-state index in [0.29, 0.717) is 0 Å². The lowest BCUT2D eigenvalue weighted by molar-refractivity contribution is 0.387. The lowest BCUT2D eigenvalue weighted by Gasteiger charge is -2.12. The van der Waals surface area contributed by atoms with Gasteiger partial charge in [-0.2, -0.15) is 0 Å². The molecular formula is C21H29N5. The average Bonchev–Trinajstić information content (AvgIpc) is 2.88. The van der Waals surface area contributed by atoms with Crippen LogP contribution < -0.4 is 5.32 Å². The Balaban J connectivity index is 1.78. The van der Waals surface area contributed by atoms with E-state index in [9.17, 15) is 0 Å². The maximum atomic E-state index is 4.59. The Labute approximate surface area is 156 Å². The number of rotatable bonds is 8. The lowest BCUT2D eigenvalue weighted by Crippen LogP contribution is -2.15. The summed E-state index contributed by atoms with van der Waals surface area (Å²) in [6, 6.07) is 10.5. The number of anilines is 1. The van der Waals surface area contributed by atoms with Crippen LogP contribution >= 0.6 is 0 Å². The van der Waals surface area contributed by atoms with E-state index < -0.39 is 0 Å². The predicted octanol–water partition coefficient (Wildman–Crippen LogP) is 3.65. The Hall–Kier alpha value is -2.40. The van der Waals surface area contributed by atoms with Gasteiger partial charge in [-0.25, -0.2) is 9.97 Å². The van der Waals surface area contributed by atoms with Gasteiger partial charge in [0, 0.05) is 18.8 Å². The number of nitrogens with zero attached hydrogens (tertiary/aromatic N) is 4. The number of benzene rings is 1. The van der Waals surface area contributed by atoms with Crippen LogP contribution in [0, 0.1) is 13.8 Å². The van der Waals surface area contributed by atoms with Gasteiger partial charge in [-0.1, -0.05) is 30.3 Å². The van der Waals surface area contributed by atoms with Crippen molar-refractivity contribution in [3.63, 3.8) is 0 Å². The Bertz CT molecular complexity index is 852. The molecule has 5 nitrogen and oxygen atoms in total. The number of nitrogens with one attached hydrogen (secondary N) is 1. The molecule has 0 bridgehead atoms. The second kappa shape index (κ2) is 8.32. The van der Waals surface area contributed by atoms with Crippen molar-refractivity contribution in [2.45, 2.75) is 33.2 Å². The molecule has 1 N–H and O–H groups in total. The van der Waals surface area contributed by atoms with E-state index >= 15 is 0 Å². The van der Waals surface area contributed by atoms with Crippen LogP contribution in [0.3, 0.4) is 0 Å². The summed E-state index contributed by atoms with van der Waals surface area (Å²) >= 11 is 0. The van der Waals surface area contributed by atoms with Crippen LogP contribution in [-0.4, -0.2) is 46.6 Å². The van der Waals surface area contributed by atoms with Crippen molar-refractivity contribution in [1.82, 2.24) is 19.4 Å². The van der Waals surface area contributed by atoms with Gasteiger partial charge >= 0.3 is 0 Å². The van der Waals surface area contributed by atoms with Gasteiger partial charge in [-0.3, -0.25) is 0 Å². The van der Waals surface area contributed by atoms with Crippen molar-refractivity contribution in [2.75, 3.05) is 32.5 Å². The number of hydrogen-bond donors (Lipinski definition) is 1. The van der Waals surface area contributed by atoms with Gasteiger partial charge in [0.15, 0.2) is 0 Å². The fourth-order valence-electron chi connectivity index (χ4n) is 3.39. The van der Waals surface area contributed by atoms with Gasteiger partial charge in [0.1, 0.15) is 17.8 Å². The summed E-state index contributed by atoms with van der Waals surface area (Å²) < 4.78 is 2.33. The Morgan fingerprint density at radius 1 is 1.08 bits per heavy atom. The molecule has 5 heteroatoms. The van der Waals surface area contributed by atoms with Gasteiger partial charge in [-0.15, -0.1) is 0 Å². The molecule has 0 fully saturated rings. The molecule has 0 aliphatic heterocycles. The van der Waals surface area contributed by atoms with E-state index in [2.05, 4.69) is 83.0 Å². The number of hydrogen-bond acceptors (Lipinski definition) is 4. The van der Waals surface area contributed by atoms with Crippen LogP contribution in [0.4, 0.5) is 5.82 Å². The normalized spacial score (nSPS) is 11.4. The van der Waals surface area contributed by atoms with Crippen LogP contribution in [0.2, 0.25) is 0 Å². The number of aryl methyl sites for hydroxylation is 2. The zero-order valence-electron chi connectivity index (χ0n) is 16.3. The third kappa shape index (κ3) is 4.05. The van der Waals surface area contributed by atoms with Gasteiger partial charge in [0.2, 0.25) is 0 Å². The molecule has 0 aliphatic carbocycles. The molecule has 3 rings (SSSR count). The standard InChI is InChI=1S/C21H29N5/c1-16-17(2)26(14-8-13-25(3)4)21-19(16)20(23-15-24-21)22-12-11-18-9-6-5-7-10-18/h5-7,9-10,15H,8,11-14H2,1-4H3,(H,22,23,24). The molecule has 0 saturated heterocycles. The van der Waals surface area contributed by atoms with Crippen molar-refractivity contribution in [1.29, 1.82) is 0 Å². The zero-order chi connectivity index (χ0) is 18.5. The van der Waals surface area contributed by atoms with Crippen molar-refractivity contribution < 1.29 is 0 Å². The summed E-state index contributed by atoms with van der Waals surface area (Å²) in [5, 5.41) is 4.67. The largest absolute Gasteiger partial charge is 0.369 e. The molecule has 138 valence electrons. The first-order valence-corrected chi connectivity index (χ1v) is 9.31. The third-order valence-electron chi connectivity index (χ3n) is 4.94. The van der Waals surface area contributed by atoms with Crippen LogP contribution in [0.5, 0.6) is 0 Å². The highest BCUT2D eigenvalue weighted by Gasteiger charge is 2.16. The smallest absolute Gasteiger partial charge is 0.145 e. The molecule has 3 aromatic rings. The molecule has 0 atom stereocenters. The van der Waals surface area contributed by atoms with Gasteiger partial charge < -0.3 is 14.8 Å². The summed E-state index contributed by atoms with van der Waals surface area (Å²) in [6.45, 7) is 7.27. The summed E-state index contributed by atoms with van der Waals surface area (Å²) in [5.74, 6) is 0.942. The Morgan fingerprint density at radius 2 is 1.85 bits per heavy atom. The second-order valence-corrected chi connectivity index (χ2v) is 7.10. The number of aromatic nitrogens is 3. The van der Waals surface area contributed by atoms with E-state index in [4.69, 9.17) is 0 Å². The summed E-state index contributed by atoms with van der Waals surface area (Å²) in [7, 11) is 4.23. The first-order valence-electron chi connectivity index (χ1n) is 9.31. The fourth-order valence-corrected chi connectivity index (χ4v) is 3.39. The minimum Gasteiger partial charge on any atom is -0.369 e. The Morgan fingerprint density at radius 3 is 2.58 bits per heavy atom. The van der Waals surface area contributed by atoms with Crippen LogP contribution in [-0.2, 0) is 13.0 Å². The topological polar surface area (TPSA) is 46.0 Å². The summed E-state index contributed by atoms with van der Waals surface area (Å²) in [5.41, 5.74) is 4.92. The molecule has 0 amide bonds. The minimum absolute atomic E-state index is 0.862. The van der Waals surface area contributed by atoms with Crippen molar-refractivity contribution in [3.05, 3.63) is 53.5 Å². The average molecular weight is 351 g/mol. The van der Waals surface area contributed by atoms with E-state index in [1.54, 1.807) is 6.33 Å². The first kappa shape index (κ1) is 18.4. The molecule has 2 heterocycles. The predicted molar refractivity (Wildman–Crippen MR) is 109 cm³/mol. The van der Waals surface area contributed by atoms with Gasteiger partial charge in [0.25, 0.3) is 0 Å². The zero-order valence-corrected chi connectivity index (χ0v) is 16.3. The maximum absolute atomic E-state index is 4.59. The van der Waals surface area contributed by atoms with Crippen molar-refractivity contribution >= 4 is 16.9 Å². The first-order chi connectivity index (χ1) is 12.6. The molecule has 1 aromatic carbocycles. The molecule has 0 radical (unpaired) electrons.